The highest BCUT2D eigenvalue weighted by Gasteiger charge is 2.24. The van der Waals surface area contributed by atoms with E-state index in [0.29, 0.717) is 0 Å². The summed E-state index contributed by atoms with van der Waals surface area (Å²) < 4.78 is 5.22. The number of alkyl halides is 1. The van der Waals surface area contributed by atoms with Gasteiger partial charge in [0.15, 0.2) is 0 Å². The van der Waals surface area contributed by atoms with E-state index in [2.05, 4.69) is 6.07 Å². The largest absolute Gasteiger partial charge is 0.457 e. The molecule has 0 spiro atoms. The highest BCUT2D eigenvalue weighted by molar-refractivity contribution is 6.26. The lowest BCUT2D eigenvalue weighted by atomic mass is 10.1. The first-order valence-electron chi connectivity index (χ1n) is 4.64. The van der Waals surface area contributed by atoms with Gasteiger partial charge < -0.3 is 4.74 Å². The monoisotopic (exact) mass is 210 g/mol. The molecular formula is C11H11ClO2. The fourth-order valence-corrected chi connectivity index (χ4v) is 1.89. The van der Waals surface area contributed by atoms with E-state index in [1.165, 1.54) is 5.56 Å². The Morgan fingerprint density at radius 3 is 3.07 bits per heavy atom. The minimum absolute atomic E-state index is 0.0708. The van der Waals surface area contributed by atoms with Gasteiger partial charge in [0.05, 0.1) is 0 Å². The molecule has 1 aromatic carbocycles. The molecule has 0 amide bonds. The Bertz CT molecular complexity index is 349. The summed E-state index contributed by atoms with van der Waals surface area (Å²) in [4.78, 5) is 11.0. The number of hydrogen-bond donors (Lipinski definition) is 0. The maximum absolute atomic E-state index is 11.0. The fourth-order valence-electron chi connectivity index (χ4n) is 1.83. The maximum Gasteiger partial charge on any atom is 0.321 e. The molecule has 3 heteroatoms. The van der Waals surface area contributed by atoms with Gasteiger partial charge in [-0.3, -0.25) is 4.79 Å². The summed E-state index contributed by atoms with van der Waals surface area (Å²) in [5.74, 6) is -0.410. The molecular weight excluding hydrogens is 200 g/mol. The summed E-state index contributed by atoms with van der Waals surface area (Å²) in [5.41, 5.74) is 2.41. The van der Waals surface area contributed by atoms with Gasteiger partial charge in [-0.2, -0.15) is 0 Å². The summed E-state index contributed by atoms with van der Waals surface area (Å²) in [7, 11) is 0. The number of benzene rings is 1. The van der Waals surface area contributed by atoms with Crippen molar-refractivity contribution >= 4 is 17.6 Å². The molecule has 2 rings (SSSR count). The van der Waals surface area contributed by atoms with Crippen LogP contribution >= 0.6 is 11.6 Å². The molecule has 1 aliphatic rings. The Kier molecular flexibility index (Phi) is 2.73. The lowest BCUT2D eigenvalue weighted by Gasteiger charge is -2.11. The van der Waals surface area contributed by atoms with E-state index in [9.17, 15) is 4.79 Å². The number of aryl methyl sites for hydroxylation is 1. The number of fused-ring (bicyclic) bond motifs is 1. The summed E-state index contributed by atoms with van der Waals surface area (Å²) >= 11 is 5.38. The van der Waals surface area contributed by atoms with Crippen molar-refractivity contribution in [2.24, 2.45) is 0 Å². The van der Waals surface area contributed by atoms with E-state index in [0.717, 1.165) is 18.4 Å². The number of ether oxygens (including phenoxy) is 1. The van der Waals surface area contributed by atoms with Crippen molar-refractivity contribution in [3.8, 4) is 0 Å². The molecule has 0 N–H and O–H groups in total. The Hall–Kier alpha value is -1.02. The highest BCUT2D eigenvalue weighted by atomic mass is 35.5. The van der Waals surface area contributed by atoms with Gasteiger partial charge in [-0.05, 0) is 24.0 Å². The average Bonchev–Trinajstić information content (AvgIpc) is 2.62. The zero-order valence-corrected chi connectivity index (χ0v) is 8.46. The van der Waals surface area contributed by atoms with Crippen molar-refractivity contribution in [3.05, 3.63) is 35.4 Å². The molecule has 0 fully saturated rings. The molecule has 0 heterocycles. The molecule has 1 aliphatic carbocycles. The second kappa shape index (κ2) is 4.01. The van der Waals surface area contributed by atoms with E-state index in [4.69, 9.17) is 16.3 Å². The van der Waals surface area contributed by atoms with Gasteiger partial charge in [-0.1, -0.05) is 24.3 Å². The Morgan fingerprint density at radius 2 is 2.29 bits per heavy atom. The highest BCUT2D eigenvalue weighted by Crippen LogP contribution is 2.33. The normalized spacial score (nSPS) is 19.1. The molecule has 0 unspecified atom stereocenters. The quantitative estimate of drug-likeness (QED) is 0.554. The summed E-state index contributed by atoms with van der Waals surface area (Å²) in [6.45, 7) is 0. The SMILES string of the molecule is O=C(CCl)O[C@@H]1CCc2ccccc21. The van der Waals surface area contributed by atoms with Crippen LogP contribution in [0.1, 0.15) is 23.7 Å². The van der Waals surface area contributed by atoms with E-state index >= 15 is 0 Å². The van der Waals surface area contributed by atoms with Crippen molar-refractivity contribution in [2.45, 2.75) is 18.9 Å². The maximum atomic E-state index is 11.0. The molecule has 1 atom stereocenters. The molecule has 1 aromatic rings. The Labute approximate surface area is 87.8 Å². The molecule has 0 aliphatic heterocycles. The van der Waals surface area contributed by atoms with Gasteiger partial charge in [0.1, 0.15) is 12.0 Å². The van der Waals surface area contributed by atoms with E-state index < -0.39 is 0 Å². The van der Waals surface area contributed by atoms with Crippen molar-refractivity contribution < 1.29 is 9.53 Å². The zero-order valence-electron chi connectivity index (χ0n) is 7.70. The molecule has 0 saturated carbocycles. The molecule has 0 bridgehead atoms. The third-order valence-electron chi connectivity index (χ3n) is 2.46. The van der Waals surface area contributed by atoms with Gasteiger partial charge in [0.2, 0.25) is 0 Å². The second-order valence-corrected chi connectivity index (χ2v) is 3.62. The number of halogens is 1. The van der Waals surface area contributed by atoms with Crippen LogP contribution in [0, 0.1) is 0 Å². The number of hydrogen-bond acceptors (Lipinski definition) is 2. The summed E-state index contributed by atoms with van der Waals surface area (Å²) in [5, 5.41) is 0. The van der Waals surface area contributed by atoms with Crippen LogP contribution in [0.25, 0.3) is 0 Å². The van der Waals surface area contributed by atoms with Gasteiger partial charge >= 0.3 is 5.97 Å². The van der Waals surface area contributed by atoms with Crippen LogP contribution in [0.4, 0.5) is 0 Å². The number of rotatable bonds is 2. The van der Waals surface area contributed by atoms with Crippen LogP contribution in [-0.2, 0) is 16.0 Å². The molecule has 14 heavy (non-hydrogen) atoms. The number of esters is 1. The number of carbonyl (C=O) groups is 1. The molecule has 74 valence electrons. The summed E-state index contributed by atoms with van der Waals surface area (Å²) in [6.07, 6.45) is 1.77. The van der Waals surface area contributed by atoms with Crippen LogP contribution in [0.2, 0.25) is 0 Å². The minimum atomic E-state index is -0.339. The standard InChI is InChI=1S/C11H11ClO2/c12-7-11(13)14-10-6-5-8-3-1-2-4-9(8)10/h1-4,10H,5-7H2/t10-/m1/s1. The second-order valence-electron chi connectivity index (χ2n) is 3.35. The van der Waals surface area contributed by atoms with Crippen molar-refractivity contribution in [1.29, 1.82) is 0 Å². The van der Waals surface area contributed by atoms with Crippen LogP contribution < -0.4 is 0 Å². The van der Waals surface area contributed by atoms with E-state index in [-0.39, 0.29) is 18.0 Å². The lowest BCUT2D eigenvalue weighted by molar-refractivity contribution is -0.146. The first-order valence-corrected chi connectivity index (χ1v) is 5.18. The number of carbonyl (C=O) groups excluding carboxylic acids is 1. The average molecular weight is 211 g/mol. The molecule has 0 radical (unpaired) electrons. The lowest BCUT2D eigenvalue weighted by Crippen LogP contribution is -2.09. The fraction of sp³-hybridized carbons (Fsp3) is 0.364. The van der Waals surface area contributed by atoms with Crippen LogP contribution in [0.3, 0.4) is 0 Å². The Morgan fingerprint density at radius 1 is 1.50 bits per heavy atom. The smallest absolute Gasteiger partial charge is 0.321 e. The van der Waals surface area contributed by atoms with Gasteiger partial charge in [-0.15, -0.1) is 11.6 Å². The van der Waals surface area contributed by atoms with E-state index in [1.54, 1.807) is 0 Å². The first kappa shape index (κ1) is 9.53. The van der Waals surface area contributed by atoms with Crippen LogP contribution in [0.15, 0.2) is 24.3 Å². The minimum Gasteiger partial charge on any atom is -0.457 e. The van der Waals surface area contributed by atoms with Gasteiger partial charge in [0.25, 0.3) is 0 Å². The van der Waals surface area contributed by atoms with Crippen molar-refractivity contribution in [1.82, 2.24) is 0 Å². The van der Waals surface area contributed by atoms with Crippen molar-refractivity contribution in [3.63, 3.8) is 0 Å². The third-order valence-corrected chi connectivity index (χ3v) is 2.68. The zero-order chi connectivity index (χ0) is 9.97. The van der Waals surface area contributed by atoms with E-state index in [1.807, 2.05) is 18.2 Å². The molecule has 2 nitrogen and oxygen atoms in total. The van der Waals surface area contributed by atoms with Crippen LogP contribution in [-0.4, -0.2) is 11.8 Å². The molecule has 0 aromatic heterocycles. The topological polar surface area (TPSA) is 26.3 Å². The first-order chi connectivity index (χ1) is 6.81. The van der Waals surface area contributed by atoms with Gasteiger partial charge in [-0.25, -0.2) is 0 Å². The van der Waals surface area contributed by atoms with Gasteiger partial charge in [0, 0.05) is 0 Å². The predicted molar refractivity (Wildman–Crippen MR) is 54.3 cm³/mol. The van der Waals surface area contributed by atoms with Crippen LogP contribution in [0.5, 0.6) is 0 Å². The summed E-state index contributed by atoms with van der Waals surface area (Å²) in [6, 6.07) is 8.05. The third kappa shape index (κ3) is 1.75. The Balaban J connectivity index is 2.14. The molecule has 0 saturated heterocycles. The predicted octanol–water partition coefficient (Wildman–Crippen LogP) is 2.46. The van der Waals surface area contributed by atoms with Crippen molar-refractivity contribution in [2.75, 3.05) is 5.88 Å².